The molecule has 0 N–H and O–H groups in total. The lowest BCUT2D eigenvalue weighted by Crippen LogP contribution is -2.16. The first-order valence-electron chi connectivity index (χ1n) is 9.92. The third kappa shape index (κ3) is 3.15. The minimum Gasteiger partial charge on any atom is -0.462 e. The van der Waals surface area contributed by atoms with Crippen LogP contribution in [0.4, 0.5) is 0 Å². The first kappa shape index (κ1) is 16.0. The third-order valence-electron chi connectivity index (χ3n) is 5.98. The standard InChI is InChI=1S/C21H24N2O3/c24-19(25-17-3-1-2-4-17)12-15-8-7-14-11-16(9-10-18(14)15)20-22-21(26-23-20)13-5-6-13/h9-11,13,15,17H,1-8,12H2/t15-/m0/s1. The van der Waals surface area contributed by atoms with Crippen LogP contribution in [0.25, 0.3) is 11.4 Å². The molecule has 5 rings (SSSR count). The Morgan fingerprint density at radius 3 is 2.81 bits per heavy atom. The van der Waals surface area contributed by atoms with E-state index < -0.39 is 0 Å². The Labute approximate surface area is 153 Å². The summed E-state index contributed by atoms with van der Waals surface area (Å²) in [7, 11) is 0. The Balaban J connectivity index is 1.27. The smallest absolute Gasteiger partial charge is 0.306 e. The molecule has 5 nitrogen and oxygen atoms in total. The second kappa shape index (κ2) is 6.53. The van der Waals surface area contributed by atoms with E-state index in [1.165, 1.54) is 24.0 Å². The highest BCUT2D eigenvalue weighted by molar-refractivity contribution is 5.71. The van der Waals surface area contributed by atoms with E-state index in [4.69, 9.17) is 9.26 Å². The summed E-state index contributed by atoms with van der Waals surface area (Å²) >= 11 is 0. The number of esters is 1. The number of carbonyl (C=O) groups excluding carboxylic acids is 1. The number of rotatable bonds is 5. The van der Waals surface area contributed by atoms with Gasteiger partial charge in [-0.2, -0.15) is 4.98 Å². The highest BCUT2D eigenvalue weighted by Gasteiger charge is 2.31. The van der Waals surface area contributed by atoms with Gasteiger partial charge in [-0.3, -0.25) is 4.79 Å². The van der Waals surface area contributed by atoms with E-state index in [-0.39, 0.29) is 18.0 Å². The molecule has 2 saturated carbocycles. The minimum atomic E-state index is -0.0360. The van der Waals surface area contributed by atoms with Gasteiger partial charge in [0.1, 0.15) is 6.10 Å². The quantitative estimate of drug-likeness (QED) is 0.740. The van der Waals surface area contributed by atoms with Crippen LogP contribution in [0.3, 0.4) is 0 Å². The summed E-state index contributed by atoms with van der Waals surface area (Å²) in [4.78, 5) is 16.8. The van der Waals surface area contributed by atoms with Gasteiger partial charge in [0, 0.05) is 11.5 Å². The largest absolute Gasteiger partial charge is 0.462 e. The van der Waals surface area contributed by atoms with Gasteiger partial charge in [0.05, 0.1) is 6.42 Å². The topological polar surface area (TPSA) is 65.2 Å². The molecule has 2 fully saturated rings. The zero-order chi connectivity index (χ0) is 17.5. The van der Waals surface area contributed by atoms with Crippen LogP contribution >= 0.6 is 0 Å². The molecule has 0 unspecified atom stereocenters. The fourth-order valence-corrected chi connectivity index (χ4v) is 4.35. The Kier molecular flexibility index (Phi) is 4.03. The molecule has 0 bridgehead atoms. The molecular weight excluding hydrogens is 328 g/mol. The number of carbonyl (C=O) groups is 1. The number of hydrogen-bond acceptors (Lipinski definition) is 5. The maximum atomic E-state index is 12.3. The van der Waals surface area contributed by atoms with Crippen LogP contribution in [0.2, 0.25) is 0 Å². The molecule has 3 aliphatic rings. The van der Waals surface area contributed by atoms with E-state index in [2.05, 4.69) is 28.3 Å². The summed E-state index contributed by atoms with van der Waals surface area (Å²) in [6, 6.07) is 6.36. The van der Waals surface area contributed by atoms with Crippen LogP contribution in [0.1, 0.15) is 80.2 Å². The second-order valence-corrected chi connectivity index (χ2v) is 7.98. The number of aromatic nitrogens is 2. The first-order valence-corrected chi connectivity index (χ1v) is 9.92. The van der Waals surface area contributed by atoms with Crippen LogP contribution in [0, 0.1) is 0 Å². The van der Waals surface area contributed by atoms with Crippen LogP contribution in [0.5, 0.6) is 0 Å². The normalized spacial score (nSPS) is 22.5. The molecule has 136 valence electrons. The van der Waals surface area contributed by atoms with E-state index in [1.54, 1.807) is 0 Å². The van der Waals surface area contributed by atoms with Gasteiger partial charge in [-0.05, 0) is 74.5 Å². The van der Waals surface area contributed by atoms with Crippen LogP contribution in [0.15, 0.2) is 22.7 Å². The highest BCUT2D eigenvalue weighted by Crippen LogP contribution is 2.41. The molecule has 1 atom stereocenters. The van der Waals surface area contributed by atoms with Crippen molar-refractivity contribution in [1.82, 2.24) is 10.1 Å². The van der Waals surface area contributed by atoms with Crippen molar-refractivity contribution < 1.29 is 14.1 Å². The first-order chi connectivity index (χ1) is 12.8. The molecule has 0 saturated heterocycles. The summed E-state index contributed by atoms with van der Waals surface area (Å²) in [5, 5.41) is 4.14. The summed E-state index contributed by atoms with van der Waals surface area (Å²) < 4.78 is 11.0. The molecule has 5 heteroatoms. The lowest BCUT2D eigenvalue weighted by molar-refractivity contribution is -0.149. The molecule has 0 aliphatic heterocycles. The summed E-state index contributed by atoms with van der Waals surface area (Å²) in [6.07, 6.45) is 9.41. The van der Waals surface area contributed by atoms with Crippen molar-refractivity contribution in [3.8, 4) is 11.4 Å². The lowest BCUT2D eigenvalue weighted by Gasteiger charge is -2.15. The Hall–Kier alpha value is -2.17. The Morgan fingerprint density at radius 1 is 1.15 bits per heavy atom. The molecule has 26 heavy (non-hydrogen) atoms. The van der Waals surface area contributed by atoms with Crippen molar-refractivity contribution in [3.05, 3.63) is 35.2 Å². The van der Waals surface area contributed by atoms with Crippen molar-refractivity contribution in [1.29, 1.82) is 0 Å². The molecular formula is C21H24N2O3. The second-order valence-electron chi connectivity index (χ2n) is 7.98. The van der Waals surface area contributed by atoms with E-state index in [1.807, 2.05) is 0 Å². The van der Waals surface area contributed by atoms with Crippen LogP contribution in [-0.4, -0.2) is 22.2 Å². The monoisotopic (exact) mass is 352 g/mol. The van der Waals surface area contributed by atoms with E-state index in [0.717, 1.165) is 50.0 Å². The predicted octanol–water partition coefficient (Wildman–Crippen LogP) is 4.52. The maximum Gasteiger partial charge on any atom is 0.306 e. The summed E-state index contributed by atoms with van der Waals surface area (Å²) in [5.74, 6) is 2.17. The van der Waals surface area contributed by atoms with Gasteiger partial charge in [0.25, 0.3) is 0 Å². The zero-order valence-electron chi connectivity index (χ0n) is 14.9. The molecule has 0 radical (unpaired) electrons. The maximum absolute atomic E-state index is 12.3. The van der Waals surface area contributed by atoms with Crippen molar-refractivity contribution in [2.45, 2.75) is 75.7 Å². The molecule has 2 aromatic rings. The SMILES string of the molecule is O=C(C[C@@H]1CCc2cc(-c3noc(C4CC4)n3)ccc21)OC1CCCC1. The highest BCUT2D eigenvalue weighted by atomic mass is 16.5. The fraction of sp³-hybridized carbons (Fsp3) is 0.571. The van der Waals surface area contributed by atoms with Gasteiger partial charge in [0.2, 0.25) is 11.7 Å². The molecule has 1 aromatic carbocycles. The van der Waals surface area contributed by atoms with Gasteiger partial charge in [-0.15, -0.1) is 0 Å². The van der Waals surface area contributed by atoms with Crippen molar-refractivity contribution in [2.24, 2.45) is 0 Å². The van der Waals surface area contributed by atoms with E-state index in [9.17, 15) is 4.79 Å². The van der Waals surface area contributed by atoms with Crippen molar-refractivity contribution >= 4 is 5.97 Å². The van der Waals surface area contributed by atoms with Crippen LogP contribution < -0.4 is 0 Å². The molecule has 0 spiro atoms. The number of fused-ring (bicyclic) bond motifs is 1. The van der Waals surface area contributed by atoms with E-state index in [0.29, 0.717) is 18.2 Å². The molecule has 3 aliphatic carbocycles. The van der Waals surface area contributed by atoms with Gasteiger partial charge in [0.15, 0.2) is 0 Å². The van der Waals surface area contributed by atoms with Gasteiger partial charge >= 0.3 is 5.97 Å². The van der Waals surface area contributed by atoms with Crippen molar-refractivity contribution in [2.75, 3.05) is 0 Å². The average molecular weight is 352 g/mol. The minimum absolute atomic E-state index is 0.0360. The lowest BCUT2D eigenvalue weighted by atomic mass is 9.97. The summed E-state index contributed by atoms with van der Waals surface area (Å²) in [6.45, 7) is 0. The fourth-order valence-electron chi connectivity index (χ4n) is 4.35. The predicted molar refractivity (Wildman–Crippen MR) is 95.7 cm³/mol. The van der Waals surface area contributed by atoms with Gasteiger partial charge in [-0.25, -0.2) is 0 Å². The number of nitrogens with zero attached hydrogens (tertiary/aromatic N) is 2. The van der Waals surface area contributed by atoms with E-state index >= 15 is 0 Å². The number of benzene rings is 1. The Morgan fingerprint density at radius 2 is 2.00 bits per heavy atom. The molecule has 1 aromatic heterocycles. The number of ether oxygens (including phenoxy) is 1. The zero-order valence-corrected chi connectivity index (χ0v) is 14.9. The van der Waals surface area contributed by atoms with Crippen molar-refractivity contribution in [3.63, 3.8) is 0 Å². The van der Waals surface area contributed by atoms with Crippen LogP contribution in [-0.2, 0) is 16.0 Å². The number of aryl methyl sites for hydroxylation is 1. The molecule has 0 amide bonds. The third-order valence-corrected chi connectivity index (χ3v) is 5.98. The van der Waals surface area contributed by atoms with Gasteiger partial charge in [-0.1, -0.05) is 17.3 Å². The average Bonchev–Trinajstić information content (AvgIpc) is 3.04. The summed E-state index contributed by atoms with van der Waals surface area (Å²) in [5.41, 5.74) is 3.59. The number of hydrogen-bond donors (Lipinski definition) is 0. The molecule has 1 heterocycles. The van der Waals surface area contributed by atoms with Gasteiger partial charge < -0.3 is 9.26 Å². The Bertz CT molecular complexity index is 818.